The van der Waals surface area contributed by atoms with E-state index in [1.54, 1.807) is 18.9 Å². The first kappa shape index (κ1) is 11.3. The molecule has 1 aliphatic rings. The minimum Gasteiger partial charge on any atom is -0.497 e. The number of carbonyl (C=O) groups excluding carboxylic acids is 1. The predicted octanol–water partition coefficient (Wildman–Crippen LogP) is 2.29. The molecule has 0 saturated carbocycles. The van der Waals surface area contributed by atoms with Gasteiger partial charge in [0.15, 0.2) is 0 Å². The molecule has 0 N–H and O–H groups in total. The van der Waals surface area contributed by atoms with E-state index in [2.05, 4.69) is 6.92 Å². The van der Waals surface area contributed by atoms with Gasteiger partial charge in [0.25, 0.3) is 0 Å². The highest BCUT2D eigenvalue weighted by atomic mass is 32.2. The van der Waals surface area contributed by atoms with E-state index in [9.17, 15) is 4.79 Å². The monoisotopic (exact) mass is 237 g/mol. The maximum Gasteiger partial charge on any atom is 0.237 e. The van der Waals surface area contributed by atoms with E-state index in [0.717, 1.165) is 23.7 Å². The van der Waals surface area contributed by atoms with Gasteiger partial charge in [0, 0.05) is 6.07 Å². The first-order valence-corrected chi connectivity index (χ1v) is 6.46. The summed E-state index contributed by atoms with van der Waals surface area (Å²) >= 11 is 1.65. The van der Waals surface area contributed by atoms with Gasteiger partial charge in [-0.2, -0.15) is 0 Å². The number of hydrogen-bond donors (Lipinski definition) is 0. The third-order valence-electron chi connectivity index (χ3n) is 2.71. The van der Waals surface area contributed by atoms with Gasteiger partial charge in [-0.15, -0.1) is 11.8 Å². The van der Waals surface area contributed by atoms with Crippen molar-refractivity contribution >= 4 is 23.4 Å². The van der Waals surface area contributed by atoms with Crippen molar-refractivity contribution in [2.75, 3.05) is 23.6 Å². The largest absolute Gasteiger partial charge is 0.497 e. The highest BCUT2D eigenvalue weighted by Crippen LogP contribution is 2.31. The molecule has 0 spiro atoms. The minimum absolute atomic E-state index is 0.188. The second-order valence-corrected chi connectivity index (χ2v) is 4.60. The number of rotatable bonds is 3. The van der Waals surface area contributed by atoms with Crippen LogP contribution >= 0.6 is 11.8 Å². The van der Waals surface area contributed by atoms with Gasteiger partial charge in [-0.1, -0.05) is 13.0 Å². The van der Waals surface area contributed by atoms with Crippen molar-refractivity contribution in [3.63, 3.8) is 0 Å². The lowest BCUT2D eigenvalue weighted by molar-refractivity contribution is -0.115. The van der Waals surface area contributed by atoms with Crippen LogP contribution in [-0.4, -0.2) is 24.6 Å². The standard InChI is InChI=1S/C12H15NO2S/c1-3-9-4-5-10(15-2)6-11(9)13-8-16-7-12(13)14/h4-6H,3,7-8H2,1-2H3. The Kier molecular flexibility index (Phi) is 3.39. The Morgan fingerprint density at radius 1 is 1.50 bits per heavy atom. The van der Waals surface area contributed by atoms with Crippen molar-refractivity contribution in [1.82, 2.24) is 0 Å². The molecule has 16 heavy (non-hydrogen) atoms. The fourth-order valence-electron chi connectivity index (χ4n) is 1.80. The quantitative estimate of drug-likeness (QED) is 0.808. The number of hydrogen-bond acceptors (Lipinski definition) is 3. The van der Waals surface area contributed by atoms with Crippen molar-refractivity contribution < 1.29 is 9.53 Å². The molecule has 1 amide bonds. The molecule has 0 aliphatic carbocycles. The van der Waals surface area contributed by atoms with Crippen molar-refractivity contribution in [2.45, 2.75) is 13.3 Å². The summed E-state index contributed by atoms with van der Waals surface area (Å²) in [6.07, 6.45) is 0.924. The van der Waals surface area contributed by atoms with Crippen molar-refractivity contribution in [2.24, 2.45) is 0 Å². The van der Waals surface area contributed by atoms with Gasteiger partial charge in [-0.05, 0) is 18.1 Å². The number of ether oxygens (including phenoxy) is 1. The number of carbonyl (C=O) groups is 1. The molecule has 86 valence electrons. The Hall–Kier alpha value is -1.16. The predicted molar refractivity (Wildman–Crippen MR) is 67.2 cm³/mol. The smallest absolute Gasteiger partial charge is 0.237 e. The molecule has 2 rings (SSSR count). The van der Waals surface area contributed by atoms with Gasteiger partial charge in [-0.3, -0.25) is 4.79 Å². The molecule has 1 saturated heterocycles. The molecule has 0 atom stereocenters. The fourth-order valence-corrected chi connectivity index (χ4v) is 2.69. The van der Waals surface area contributed by atoms with Crippen LogP contribution in [0.25, 0.3) is 0 Å². The second kappa shape index (κ2) is 4.78. The summed E-state index contributed by atoms with van der Waals surface area (Å²) in [5, 5.41) is 0. The molecule has 0 bridgehead atoms. The maximum absolute atomic E-state index is 11.7. The normalized spacial score (nSPS) is 15.6. The lowest BCUT2D eigenvalue weighted by Crippen LogP contribution is -2.25. The molecule has 1 aromatic carbocycles. The molecule has 1 aromatic rings. The zero-order chi connectivity index (χ0) is 11.5. The van der Waals surface area contributed by atoms with E-state index in [0.29, 0.717) is 5.75 Å². The third-order valence-corrected chi connectivity index (χ3v) is 3.60. The first-order chi connectivity index (χ1) is 7.76. The Morgan fingerprint density at radius 3 is 2.88 bits per heavy atom. The van der Waals surface area contributed by atoms with Crippen LogP contribution in [0.2, 0.25) is 0 Å². The number of amides is 1. The number of methoxy groups -OCH3 is 1. The van der Waals surface area contributed by atoms with Crippen LogP contribution in [0, 0.1) is 0 Å². The van der Waals surface area contributed by atoms with Crippen LogP contribution in [-0.2, 0) is 11.2 Å². The van der Waals surface area contributed by atoms with Gasteiger partial charge in [-0.25, -0.2) is 0 Å². The molecule has 4 heteroatoms. The van der Waals surface area contributed by atoms with Crippen LogP contribution in [0.3, 0.4) is 0 Å². The number of benzene rings is 1. The van der Waals surface area contributed by atoms with Crippen molar-refractivity contribution in [3.05, 3.63) is 23.8 Å². The highest BCUT2D eigenvalue weighted by molar-refractivity contribution is 8.00. The van der Waals surface area contributed by atoms with Crippen LogP contribution in [0.15, 0.2) is 18.2 Å². The van der Waals surface area contributed by atoms with Crippen LogP contribution in [0.1, 0.15) is 12.5 Å². The lowest BCUT2D eigenvalue weighted by atomic mass is 10.1. The maximum atomic E-state index is 11.7. The van der Waals surface area contributed by atoms with Gasteiger partial charge in [0.05, 0.1) is 24.4 Å². The molecule has 3 nitrogen and oxygen atoms in total. The van der Waals surface area contributed by atoms with E-state index in [1.807, 2.05) is 23.1 Å². The lowest BCUT2D eigenvalue weighted by Gasteiger charge is -2.19. The molecule has 0 unspecified atom stereocenters. The fraction of sp³-hybridized carbons (Fsp3) is 0.417. The third kappa shape index (κ3) is 2.02. The number of thioether (sulfide) groups is 1. The van der Waals surface area contributed by atoms with E-state index in [-0.39, 0.29) is 5.91 Å². The molecule has 0 aromatic heterocycles. The summed E-state index contributed by atoms with van der Waals surface area (Å²) in [7, 11) is 1.64. The van der Waals surface area contributed by atoms with E-state index >= 15 is 0 Å². The van der Waals surface area contributed by atoms with Gasteiger partial charge >= 0.3 is 0 Å². The molecular formula is C12H15NO2S. The number of anilines is 1. The van der Waals surface area contributed by atoms with Gasteiger partial charge in [0.2, 0.25) is 5.91 Å². The highest BCUT2D eigenvalue weighted by Gasteiger charge is 2.24. The molecule has 1 fully saturated rings. The molecule has 0 radical (unpaired) electrons. The number of aryl methyl sites for hydroxylation is 1. The molecule has 1 heterocycles. The molecule has 1 aliphatic heterocycles. The Bertz CT molecular complexity index is 406. The van der Waals surface area contributed by atoms with Gasteiger partial charge in [0.1, 0.15) is 5.75 Å². The second-order valence-electron chi connectivity index (χ2n) is 3.65. The molecular weight excluding hydrogens is 222 g/mol. The summed E-state index contributed by atoms with van der Waals surface area (Å²) in [4.78, 5) is 13.5. The summed E-state index contributed by atoms with van der Waals surface area (Å²) in [6, 6.07) is 5.92. The van der Waals surface area contributed by atoms with Crippen LogP contribution in [0.4, 0.5) is 5.69 Å². The van der Waals surface area contributed by atoms with Crippen LogP contribution < -0.4 is 9.64 Å². The van der Waals surface area contributed by atoms with Gasteiger partial charge < -0.3 is 9.64 Å². The summed E-state index contributed by atoms with van der Waals surface area (Å²) in [5.41, 5.74) is 2.19. The minimum atomic E-state index is 0.188. The van der Waals surface area contributed by atoms with Crippen molar-refractivity contribution in [1.29, 1.82) is 0 Å². The van der Waals surface area contributed by atoms with E-state index in [1.165, 1.54) is 5.56 Å². The Morgan fingerprint density at radius 2 is 2.31 bits per heavy atom. The Balaban J connectivity index is 2.39. The topological polar surface area (TPSA) is 29.5 Å². The van der Waals surface area contributed by atoms with Crippen molar-refractivity contribution in [3.8, 4) is 5.75 Å². The number of nitrogens with zero attached hydrogens (tertiary/aromatic N) is 1. The zero-order valence-corrected chi connectivity index (χ0v) is 10.3. The Labute approximate surface area is 99.8 Å². The SMILES string of the molecule is CCc1ccc(OC)cc1N1CSCC1=O. The van der Waals surface area contributed by atoms with E-state index < -0.39 is 0 Å². The van der Waals surface area contributed by atoms with E-state index in [4.69, 9.17) is 4.74 Å². The average molecular weight is 237 g/mol. The summed E-state index contributed by atoms with van der Waals surface area (Å²) in [5.74, 6) is 2.32. The average Bonchev–Trinajstić information content (AvgIpc) is 2.74. The van der Waals surface area contributed by atoms with Crippen LogP contribution in [0.5, 0.6) is 5.75 Å². The summed E-state index contributed by atoms with van der Waals surface area (Å²) < 4.78 is 5.20. The first-order valence-electron chi connectivity index (χ1n) is 5.31. The summed E-state index contributed by atoms with van der Waals surface area (Å²) in [6.45, 7) is 2.10. The zero-order valence-electron chi connectivity index (χ0n) is 9.53.